The van der Waals surface area contributed by atoms with E-state index in [1.165, 1.54) is 5.56 Å². The zero-order valence-corrected chi connectivity index (χ0v) is 11.9. The van der Waals surface area contributed by atoms with Crippen molar-refractivity contribution in [3.8, 4) is 11.4 Å². The molecule has 0 unspecified atom stereocenters. The van der Waals surface area contributed by atoms with Crippen LogP contribution in [0, 0.1) is 13.8 Å². The first-order valence-electron chi connectivity index (χ1n) is 6.65. The molecule has 0 bridgehead atoms. The number of rotatable bonds is 4. The Labute approximate surface area is 114 Å². The highest BCUT2D eigenvalue weighted by Gasteiger charge is 2.09. The standard InChI is InChI=1S/C15H20N4/c1-5-11(3)16-14-12(4)18-19-15(17-14)13-8-6-10(2)7-9-13/h6-9,11H,5H2,1-4H3,(H,16,17,19)/t11-/m1/s1. The second-order valence-electron chi connectivity index (χ2n) is 4.89. The minimum atomic E-state index is 0.376. The van der Waals surface area contributed by atoms with Gasteiger partial charge in [-0.2, -0.15) is 0 Å². The van der Waals surface area contributed by atoms with E-state index >= 15 is 0 Å². The van der Waals surface area contributed by atoms with Crippen LogP contribution in [-0.4, -0.2) is 21.2 Å². The zero-order chi connectivity index (χ0) is 13.8. The molecule has 0 saturated heterocycles. The van der Waals surface area contributed by atoms with Gasteiger partial charge in [0.2, 0.25) is 0 Å². The molecule has 2 aromatic rings. The molecule has 2 rings (SSSR count). The number of aryl methyl sites for hydroxylation is 2. The van der Waals surface area contributed by atoms with Gasteiger partial charge in [0, 0.05) is 11.6 Å². The molecule has 0 aliphatic carbocycles. The van der Waals surface area contributed by atoms with Crippen LogP contribution >= 0.6 is 0 Å². The lowest BCUT2D eigenvalue weighted by molar-refractivity contribution is 0.752. The van der Waals surface area contributed by atoms with Gasteiger partial charge in [0.1, 0.15) is 5.69 Å². The first kappa shape index (κ1) is 13.5. The normalized spacial score (nSPS) is 12.2. The summed E-state index contributed by atoms with van der Waals surface area (Å²) in [4.78, 5) is 4.58. The van der Waals surface area contributed by atoms with E-state index in [0.29, 0.717) is 11.9 Å². The summed E-state index contributed by atoms with van der Waals surface area (Å²) in [6, 6.07) is 8.53. The van der Waals surface area contributed by atoms with Gasteiger partial charge in [-0.25, -0.2) is 4.98 Å². The molecule has 0 amide bonds. The number of nitrogens with zero attached hydrogens (tertiary/aromatic N) is 3. The van der Waals surface area contributed by atoms with Crippen LogP contribution in [0.5, 0.6) is 0 Å². The molecule has 0 aliphatic heterocycles. The topological polar surface area (TPSA) is 50.7 Å². The van der Waals surface area contributed by atoms with Crippen LogP contribution in [0.1, 0.15) is 31.5 Å². The minimum absolute atomic E-state index is 0.376. The second kappa shape index (κ2) is 5.78. The van der Waals surface area contributed by atoms with Gasteiger partial charge < -0.3 is 5.32 Å². The van der Waals surface area contributed by atoms with Crippen LogP contribution < -0.4 is 5.32 Å². The SMILES string of the molecule is CC[C@@H](C)Nc1nc(-c2ccc(C)cc2)nnc1C. The average molecular weight is 256 g/mol. The van der Waals surface area contributed by atoms with Crippen molar-refractivity contribution in [3.05, 3.63) is 35.5 Å². The van der Waals surface area contributed by atoms with Gasteiger partial charge in [0.15, 0.2) is 11.6 Å². The largest absolute Gasteiger partial charge is 0.366 e. The summed E-state index contributed by atoms with van der Waals surface area (Å²) in [7, 11) is 0. The number of hydrogen-bond donors (Lipinski definition) is 1. The Bertz CT molecular complexity index is 549. The van der Waals surface area contributed by atoms with Gasteiger partial charge in [-0.1, -0.05) is 36.8 Å². The Hall–Kier alpha value is -1.97. The van der Waals surface area contributed by atoms with Crippen molar-refractivity contribution in [2.75, 3.05) is 5.32 Å². The lowest BCUT2D eigenvalue weighted by Crippen LogP contribution is -2.16. The van der Waals surface area contributed by atoms with Crippen LogP contribution in [0.15, 0.2) is 24.3 Å². The quantitative estimate of drug-likeness (QED) is 0.911. The molecule has 1 atom stereocenters. The first-order valence-corrected chi connectivity index (χ1v) is 6.65. The molecule has 0 radical (unpaired) electrons. The van der Waals surface area contributed by atoms with E-state index in [-0.39, 0.29) is 0 Å². The Kier molecular flexibility index (Phi) is 4.10. The van der Waals surface area contributed by atoms with Crippen LogP contribution in [0.4, 0.5) is 5.82 Å². The smallest absolute Gasteiger partial charge is 0.183 e. The maximum Gasteiger partial charge on any atom is 0.183 e. The number of anilines is 1. The van der Waals surface area contributed by atoms with Crippen molar-refractivity contribution >= 4 is 5.82 Å². The Morgan fingerprint density at radius 1 is 1.11 bits per heavy atom. The summed E-state index contributed by atoms with van der Waals surface area (Å²) in [5.41, 5.74) is 3.04. The van der Waals surface area contributed by atoms with E-state index in [2.05, 4.69) is 53.4 Å². The van der Waals surface area contributed by atoms with E-state index in [1.807, 2.05) is 19.1 Å². The van der Waals surface area contributed by atoms with Gasteiger partial charge in [-0.05, 0) is 27.2 Å². The summed E-state index contributed by atoms with van der Waals surface area (Å²) >= 11 is 0. The van der Waals surface area contributed by atoms with Crippen molar-refractivity contribution in [1.29, 1.82) is 0 Å². The summed E-state index contributed by atoms with van der Waals surface area (Å²) < 4.78 is 0. The molecule has 0 saturated carbocycles. The predicted octanol–water partition coefficient (Wildman–Crippen LogP) is 3.37. The molecule has 0 aliphatic rings. The van der Waals surface area contributed by atoms with Crippen LogP contribution in [0.2, 0.25) is 0 Å². The highest BCUT2D eigenvalue weighted by atomic mass is 15.2. The number of hydrogen-bond acceptors (Lipinski definition) is 4. The highest BCUT2D eigenvalue weighted by molar-refractivity contribution is 5.57. The molecular formula is C15H20N4. The van der Waals surface area contributed by atoms with Gasteiger partial charge in [0.25, 0.3) is 0 Å². The summed E-state index contributed by atoms with van der Waals surface area (Å²) in [5.74, 6) is 1.48. The Morgan fingerprint density at radius 3 is 2.42 bits per heavy atom. The molecule has 1 heterocycles. The molecule has 0 fully saturated rings. The lowest BCUT2D eigenvalue weighted by Gasteiger charge is -2.14. The molecule has 100 valence electrons. The average Bonchev–Trinajstić information content (AvgIpc) is 2.42. The first-order chi connectivity index (χ1) is 9.10. The number of aromatic nitrogens is 3. The maximum absolute atomic E-state index is 4.58. The monoisotopic (exact) mass is 256 g/mol. The third kappa shape index (κ3) is 3.28. The zero-order valence-electron chi connectivity index (χ0n) is 11.9. The fraction of sp³-hybridized carbons (Fsp3) is 0.400. The van der Waals surface area contributed by atoms with Crippen LogP contribution in [0.25, 0.3) is 11.4 Å². The minimum Gasteiger partial charge on any atom is -0.366 e. The molecule has 1 aromatic heterocycles. The molecule has 1 aromatic carbocycles. The molecule has 19 heavy (non-hydrogen) atoms. The fourth-order valence-electron chi connectivity index (χ4n) is 1.68. The van der Waals surface area contributed by atoms with Crippen molar-refractivity contribution in [2.24, 2.45) is 0 Å². The van der Waals surface area contributed by atoms with Crippen molar-refractivity contribution in [2.45, 2.75) is 40.2 Å². The molecular weight excluding hydrogens is 236 g/mol. The lowest BCUT2D eigenvalue weighted by atomic mass is 10.1. The van der Waals surface area contributed by atoms with E-state index < -0.39 is 0 Å². The number of nitrogens with one attached hydrogen (secondary N) is 1. The van der Waals surface area contributed by atoms with Crippen LogP contribution in [-0.2, 0) is 0 Å². The van der Waals surface area contributed by atoms with Crippen LogP contribution in [0.3, 0.4) is 0 Å². The van der Waals surface area contributed by atoms with Gasteiger partial charge in [-0.3, -0.25) is 0 Å². The Balaban J connectivity index is 2.32. The second-order valence-corrected chi connectivity index (χ2v) is 4.89. The third-order valence-electron chi connectivity index (χ3n) is 3.16. The highest BCUT2D eigenvalue weighted by Crippen LogP contribution is 2.18. The maximum atomic E-state index is 4.58. The van der Waals surface area contributed by atoms with Gasteiger partial charge in [-0.15, -0.1) is 10.2 Å². The molecule has 0 spiro atoms. The van der Waals surface area contributed by atoms with Crippen molar-refractivity contribution < 1.29 is 0 Å². The predicted molar refractivity (Wildman–Crippen MR) is 78.1 cm³/mol. The van der Waals surface area contributed by atoms with Gasteiger partial charge >= 0.3 is 0 Å². The van der Waals surface area contributed by atoms with E-state index in [9.17, 15) is 0 Å². The molecule has 4 nitrogen and oxygen atoms in total. The van der Waals surface area contributed by atoms with Crippen molar-refractivity contribution in [3.63, 3.8) is 0 Å². The summed E-state index contributed by atoms with van der Waals surface area (Å²) in [6.07, 6.45) is 1.04. The third-order valence-corrected chi connectivity index (χ3v) is 3.16. The fourth-order valence-corrected chi connectivity index (χ4v) is 1.68. The van der Waals surface area contributed by atoms with E-state index in [1.54, 1.807) is 0 Å². The van der Waals surface area contributed by atoms with E-state index in [0.717, 1.165) is 23.5 Å². The summed E-state index contributed by atoms with van der Waals surface area (Å²) in [5, 5.41) is 11.7. The van der Waals surface area contributed by atoms with Gasteiger partial charge in [0.05, 0.1) is 0 Å². The Morgan fingerprint density at radius 2 is 1.79 bits per heavy atom. The molecule has 1 N–H and O–H groups in total. The van der Waals surface area contributed by atoms with E-state index in [4.69, 9.17) is 0 Å². The number of benzene rings is 1. The molecule has 4 heteroatoms. The summed E-state index contributed by atoms with van der Waals surface area (Å²) in [6.45, 7) is 8.26. The van der Waals surface area contributed by atoms with Crippen molar-refractivity contribution in [1.82, 2.24) is 15.2 Å².